The lowest BCUT2D eigenvalue weighted by molar-refractivity contribution is 0.0696. The molecule has 1 N–H and O–H groups in total. The fraction of sp³-hybridized carbons (Fsp3) is 0.0909. The van der Waals surface area contributed by atoms with Gasteiger partial charge in [0, 0.05) is 5.38 Å². The largest absolute Gasteiger partial charge is 0.478 e. The predicted molar refractivity (Wildman–Crippen MR) is 66.4 cm³/mol. The van der Waals surface area contributed by atoms with E-state index in [0.29, 0.717) is 5.69 Å². The lowest BCUT2D eigenvalue weighted by Gasteiger charge is -2.03. The zero-order chi connectivity index (χ0) is 13.2. The van der Waals surface area contributed by atoms with Crippen LogP contribution < -0.4 is 0 Å². The molecule has 0 bridgehead atoms. The first-order valence-electron chi connectivity index (χ1n) is 4.92. The number of hydrogen-bond acceptors (Lipinski definition) is 5. The molecule has 0 saturated heterocycles. The van der Waals surface area contributed by atoms with Gasteiger partial charge >= 0.3 is 5.97 Å². The molecule has 0 atom stereocenters. The van der Waals surface area contributed by atoms with Crippen molar-refractivity contribution in [3.63, 3.8) is 0 Å². The molecule has 0 aliphatic rings. The van der Waals surface area contributed by atoms with Gasteiger partial charge in [-0.25, -0.2) is 18.2 Å². The first-order valence-corrected chi connectivity index (χ1v) is 7.52. The van der Waals surface area contributed by atoms with E-state index in [9.17, 15) is 13.2 Å². The molecule has 7 heteroatoms. The maximum absolute atomic E-state index is 12.0. The van der Waals surface area contributed by atoms with E-state index >= 15 is 0 Å². The Labute approximate surface area is 108 Å². The van der Waals surface area contributed by atoms with Crippen LogP contribution in [0.1, 0.15) is 16.1 Å². The Bertz CT molecular complexity index is 662. The van der Waals surface area contributed by atoms with Crippen LogP contribution in [0.5, 0.6) is 0 Å². The van der Waals surface area contributed by atoms with E-state index in [1.54, 1.807) is 10.9 Å². The van der Waals surface area contributed by atoms with Gasteiger partial charge < -0.3 is 5.11 Å². The quantitative estimate of drug-likeness (QED) is 0.925. The highest BCUT2D eigenvalue weighted by atomic mass is 32.2. The van der Waals surface area contributed by atoms with Crippen LogP contribution in [0, 0.1) is 0 Å². The summed E-state index contributed by atoms with van der Waals surface area (Å²) in [6.45, 7) is 0. The van der Waals surface area contributed by atoms with Gasteiger partial charge in [-0.2, -0.15) is 0 Å². The third-order valence-electron chi connectivity index (χ3n) is 2.26. The van der Waals surface area contributed by atoms with E-state index in [0.717, 1.165) is 6.07 Å². The molecule has 18 heavy (non-hydrogen) atoms. The van der Waals surface area contributed by atoms with Crippen molar-refractivity contribution in [3.05, 3.63) is 46.4 Å². The van der Waals surface area contributed by atoms with E-state index < -0.39 is 15.8 Å². The summed E-state index contributed by atoms with van der Waals surface area (Å²) in [6.07, 6.45) is 0. The molecule has 0 spiro atoms. The third-order valence-corrected chi connectivity index (χ3v) is 4.54. The number of sulfone groups is 1. The molecule has 94 valence electrons. The van der Waals surface area contributed by atoms with Crippen molar-refractivity contribution in [3.8, 4) is 0 Å². The van der Waals surface area contributed by atoms with E-state index in [1.165, 1.54) is 29.5 Å². The minimum absolute atomic E-state index is 0.00426. The highest BCUT2D eigenvalue weighted by Crippen LogP contribution is 2.17. The number of rotatable bonds is 4. The molecule has 2 rings (SSSR count). The fourth-order valence-electron chi connectivity index (χ4n) is 1.41. The molecule has 0 aliphatic carbocycles. The second-order valence-electron chi connectivity index (χ2n) is 3.57. The predicted octanol–water partition coefficient (Wildman–Crippen LogP) is 1.82. The van der Waals surface area contributed by atoms with E-state index in [1.807, 2.05) is 0 Å². The Morgan fingerprint density at radius 3 is 2.78 bits per heavy atom. The van der Waals surface area contributed by atoms with Crippen LogP contribution in [-0.4, -0.2) is 24.5 Å². The van der Waals surface area contributed by atoms with Gasteiger partial charge in [0.2, 0.25) is 0 Å². The third kappa shape index (κ3) is 2.74. The number of benzene rings is 1. The molecule has 5 nitrogen and oxygen atoms in total. The molecule has 0 aliphatic heterocycles. The Morgan fingerprint density at radius 2 is 2.17 bits per heavy atom. The minimum atomic E-state index is -3.56. The van der Waals surface area contributed by atoms with Crippen LogP contribution in [0.3, 0.4) is 0 Å². The van der Waals surface area contributed by atoms with Crippen LogP contribution in [-0.2, 0) is 15.6 Å². The lowest BCUT2D eigenvalue weighted by Crippen LogP contribution is -2.07. The fourth-order valence-corrected chi connectivity index (χ4v) is 3.38. The smallest absolute Gasteiger partial charge is 0.335 e. The van der Waals surface area contributed by atoms with Crippen molar-refractivity contribution in [2.45, 2.75) is 10.6 Å². The van der Waals surface area contributed by atoms with Gasteiger partial charge in [-0.15, -0.1) is 11.3 Å². The van der Waals surface area contributed by atoms with Gasteiger partial charge in [0.25, 0.3) is 0 Å². The van der Waals surface area contributed by atoms with Crippen molar-refractivity contribution in [1.82, 2.24) is 4.98 Å². The van der Waals surface area contributed by atoms with Crippen molar-refractivity contribution in [2.24, 2.45) is 0 Å². The van der Waals surface area contributed by atoms with E-state index in [4.69, 9.17) is 5.11 Å². The molecule has 0 amide bonds. The highest BCUT2D eigenvalue weighted by molar-refractivity contribution is 7.90. The molecule has 0 fully saturated rings. The standard InChI is InChI=1S/C11H9NO4S2/c13-11(14)8-2-1-3-10(4-8)18(15,16)6-9-5-17-7-12-9/h1-5,7H,6H2,(H,13,14). The summed E-state index contributed by atoms with van der Waals surface area (Å²) in [5, 5.41) is 10.5. The molecule has 1 heterocycles. The Morgan fingerprint density at radius 1 is 1.39 bits per heavy atom. The number of carboxylic acids is 1. The molecule has 0 unspecified atom stereocenters. The van der Waals surface area contributed by atoms with Gasteiger partial charge in [0.05, 0.1) is 27.4 Å². The molecular weight excluding hydrogens is 274 g/mol. The average molecular weight is 283 g/mol. The summed E-state index contributed by atoms with van der Waals surface area (Å²) in [5.41, 5.74) is 1.97. The van der Waals surface area contributed by atoms with Crippen LogP contribution >= 0.6 is 11.3 Å². The number of carbonyl (C=O) groups is 1. The minimum Gasteiger partial charge on any atom is -0.478 e. The number of aromatic nitrogens is 1. The van der Waals surface area contributed by atoms with Crippen molar-refractivity contribution < 1.29 is 18.3 Å². The number of carboxylic acid groups (broad SMARTS) is 1. The van der Waals surface area contributed by atoms with Gasteiger partial charge in [-0.05, 0) is 18.2 Å². The molecule has 1 aromatic carbocycles. The summed E-state index contributed by atoms with van der Waals surface area (Å²) in [7, 11) is -3.56. The van der Waals surface area contributed by atoms with E-state index in [2.05, 4.69) is 4.98 Å². The number of hydrogen-bond donors (Lipinski definition) is 1. The summed E-state index contributed by atoms with van der Waals surface area (Å²) < 4.78 is 24.1. The summed E-state index contributed by atoms with van der Waals surface area (Å²) >= 11 is 1.31. The first-order chi connectivity index (χ1) is 8.49. The summed E-state index contributed by atoms with van der Waals surface area (Å²) in [5.74, 6) is -1.37. The van der Waals surface area contributed by atoms with Crippen LogP contribution in [0.15, 0.2) is 40.1 Å². The zero-order valence-electron chi connectivity index (χ0n) is 9.11. The van der Waals surface area contributed by atoms with Crippen LogP contribution in [0.2, 0.25) is 0 Å². The Kier molecular flexibility index (Phi) is 3.44. The molecule has 0 radical (unpaired) electrons. The number of nitrogens with zero attached hydrogens (tertiary/aromatic N) is 1. The average Bonchev–Trinajstić information content (AvgIpc) is 2.81. The second kappa shape index (κ2) is 4.87. The monoisotopic (exact) mass is 283 g/mol. The molecule has 1 aromatic heterocycles. The van der Waals surface area contributed by atoms with Gasteiger partial charge in [-0.1, -0.05) is 6.07 Å². The van der Waals surface area contributed by atoms with E-state index in [-0.39, 0.29) is 16.2 Å². The summed E-state index contributed by atoms with van der Waals surface area (Å²) in [6, 6.07) is 5.31. The van der Waals surface area contributed by atoms with Gasteiger partial charge in [0.1, 0.15) is 0 Å². The second-order valence-corrected chi connectivity index (χ2v) is 6.28. The Balaban J connectivity index is 2.35. The maximum Gasteiger partial charge on any atom is 0.335 e. The number of thiazole rings is 1. The number of aromatic carboxylic acids is 1. The molecule has 2 aromatic rings. The Hall–Kier alpha value is -1.73. The first kappa shape index (κ1) is 12.7. The van der Waals surface area contributed by atoms with Crippen LogP contribution in [0.25, 0.3) is 0 Å². The van der Waals surface area contributed by atoms with Crippen molar-refractivity contribution in [1.29, 1.82) is 0 Å². The van der Waals surface area contributed by atoms with Gasteiger partial charge in [0.15, 0.2) is 9.84 Å². The highest BCUT2D eigenvalue weighted by Gasteiger charge is 2.18. The summed E-state index contributed by atoms with van der Waals surface area (Å²) in [4.78, 5) is 14.7. The maximum atomic E-state index is 12.0. The zero-order valence-corrected chi connectivity index (χ0v) is 10.7. The lowest BCUT2D eigenvalue weighted by atomic mass is 10.2. The molecular formula is C11H9NO4S2. The van der Waals surface area contributed by atoms with Crippen molar-refractivity contribution >= 4 is 27.1 Å². The normalized spacial score (nSPS) is 11.3. The van der Waals surface area contributed by atoms with Gasteiger partial charge in [-0.3, -0.25) is 0 Å². The molecule has 0 saturated carbocycles. The van der Waals surface area contributed by atoms with Crippen molar-refractivity contribution in [2.75, 3.05) is 0 Å². The topological polar surface area (TPSA) is 84.3 Å². The SMILES string of the molecule is O=C(O)c1cccc(S(=O)(=O)Cc2cscn2)c1. The van der Waals surface area contributed by atoms with Crippen LogP contribution in [0.4, 0.5) is 0 Å².